The molecule has 5 rings (SSSR count). The molecule has 0 spiro atoms. The SMILES string of the molecule is CC1(CC(=O)O)C2=CC3NC(=Cc4[n-]c(c(CCC(=O)O)c4CC(=O)O)CC4NC(C=C([N-]2)C1CCC(=O)O)C(CC(=O)O)=C4CCC(=O)O)C(C)(CC(=O)O)C3CCC(=O)O.[Fe+4]. The molecule has 4 aliphatic heterocycles. The summed E-state index contributed by atoms with van der Waals surface area (Å²) < 4.78 is 0. The first-order chi connectivity index (χ1) is 29.0. The van der Waals surface area contributed by atoms with Crippen LogP contribution in [0.4, 0.5) is 0 Å². The van der Waals surface area contributed by atoms with Crippen LogP contribution < -0.4 is 15.6 Å². The Morgan fingerprint density at radius 3 is 1.81 bits per heavy atom. The molecule has 7 atom stereocenters. The predicted molar refractivity (Wildman–Crippen MR) is 213 cm³/mol. The van der Waals surface area contributed by atoms with E-state index in [2.05, 4.69) is 10.6 Å². The van der Waals surface area contributed by atoms with Crippen LogP contribution in [-0.4, -0.2) is 107 Å². The number of aromatic nitrogens is 1. The standard InChI is InChI=1S/C42H50N4O16.Fe/c1-41(17-39(59)60)23(5-9-35(51)52)29-14-27-21(11-37(55)56)19(3-7-33(47)48)25(43-27)13-26-20(4-8-34(49)50)22(12-38(57)58)28(44-26)15-31-42(2,18-40(61)62)24(6-10-36(53)54)30(46-31)16-32(41)45-29;/h14-16,23-25,27,30,43,46H,3-13,17-18H2,1-2H3,(H,47,48)(H,49,50)(H,51,52)(H,53,54)(H,55,56)(H,57,58)(H,59,60)(H,61,62);/q-2;+4. The Bertz CT molecular complexity index is 2190. The van der Waals surface area contributed by atoms with Crippen LogP contribution in [0.15, 0.2) is 40.4 Å². The maximum absolute atomic E-state index is 12.6. The topological polar surface area (TPSA) is 351 Å². The molecular formula is C42H50FeN4O16+2. The van der Waals surface area contributed by atoms with Gasteiger partial charge in [-0.05, 0) is 60.5 Å². The van der Waals surface area contributed by atoms with E-state index in [0.29, 0.717) is 5.57 Å². The fourth-order valence-electron chi connectivity index (χ4n) is 9.79. The van der Waals surface area contributed by atoms with Gasteiger partial charge in [-0.25, -0.2) is 0 Å². The summed E-state index contributed by atoms with van der Waals surface area (Å²) >= 11 is 0. The van der Waals surface area contributed by atoms with Crippen molar-refractivity contribution >= 4 is 53.8 Å². The molecule has 0 aromatic carbocycles. The van der Waals surface area contributed by atoms with Crippen LogP contribution in [0.1, 0.15) is 101 Å². The van der Waals surface area contributed by atoms with E-state index < -0.39 is 140 Å². The Labute approximate surface area is 371 Å². The van der Waals surface area contributed by atoms with Crippen molar-refractivity contribution in [3.8, 4) is 0 Å². The van der Waals surface area contributed by atoms with Gasteiger partial charge in [0.25, 0.3) is 0 Å². The molecule has 0 saturated carbocycles. The van der Waals surface area contributed by atoms with E-state index in [1.165, 1.54) is 6.08 Å². The van der Waals surface area contributed by atoms with Crippen molar-refractivity contribution < 1.29 is 96.3 Å². The summed E-state index contributed by atoms with van der Waals surface area (Å²) in [7, 11) is 0. The Hall–Kier alpha value is -5.92. The summed E-state index contributed by atoms with van der Waals surface area (Å²) in [6.45, 7) is 3.19. The van der Waals surface area contributed by atoms with Crippen molar-refractivity contribution in [3.05, 3.63) is 68.2 Å². The second-order valence-electron chi connectivity index (χ2n) is 16.8. The molecule has 1 aromatic heterocycles. The van der Waals surface area contributed by atoms with Crippen LogP contribution in [0, 0.1) is 22.7 Å². The van der Waals surface area contributed by atoms with E-state index in [0.717, 1.165) is 0 Å². The third-order valence-electron chi connectivity index (χ3n) is 12.6. The molecule has 4 aliphatic rings. The van der Waals surface area contributed by atoms with Gasteiger partial charge in [0, 0.05) is 54.9 Å². The fraction of sp³-hybridized carbons (Fsp3) is 0.524. The number of carbonyl (C=O) groups is 8. The van der Waals surface area contributed by atoms with E-state index in [1.54, 1.807) is 26.0 Å². The minimum Gasteiger partial charge on any atom is -0.664 e. The molecule has 5 heterocycles. The van der Waals surface area contributed by atoms with Crippen molar-refractivity contribution in [2.75, 3.05) is 0 Å². The Morgan fingerprint density at radius 2 is 1.24 bits per heavy atom. The molecule has 7 unspecified atom stereocenters. The molecule has 0 amide bonds. The number of nitrogens with one attached hydrogen (secondary N) is 2. The summed E-state index contributed by atoms with van der Waals surface area (Å²) in [6, 6.07) is -2.78. The number of hydrogen-bond donors (Lipinski definition) is 10. The molecule has 63 heavy (non-hydrogen) atoms. The summed E-state index contributed by atoms with van der Waals surface area (Å²) in [5.41, 5.74) is -0.960. The van der Waals surface area contributed by atoms with Crippen LogP contribution in [0.25, 0.3) is 11.4 Å². The molecule has 8 bridgehead atoms. The van der Waals surface area contributed by atoms with Gasteiger partial charge >= 0.3 is 64.8 Å². The van der Waals surface area contributed by atoms with Crippen molar-refractivity contribution in [2.24, 2.45) is 22.7 Å². The quantitative estimate of drug-likeness (QED) is 0.0663. The summed E-state index contributed by atoms with van der Waals surface area (Å²) in [5.74, 6) is -11.6. The molecule has 0 radical (unpaired) electrons. The van der Waals surface area contributed by atoms with Gasteiger partial charge < -0.3 is 61.8 Å². The largest absolute Gasteiger partial charge is 4.00 e. The third kappa shape index (κ3) is 11.4. The average Bonchev–Trinajstić information content (AvgIpc) is 3.77. The molecule has 2 fully saturated rings. The molecular weight excluding hydrogens is 872 g/mol. The van der Waals surface area contributed by atoms with Crippen molar-refractivity contribution in [3.63, 3.8) is 0 Å². The number of aliphatic carboxylic acids is 8. The van der Waals surface area contributed by atoms with E-state index in [1.807, 2.05) is 0 Å². The zero-order chi connectivity index (χ0) is 45.8. The van der Waals surface area contributed by atoms with Gasteiger partial charge in [0.2, 0.25) is 0 Å². The van der Waals surface area contributed by atoms with Gasteiger partial charge in [0.1, 0.15) is 0 Å². The molecule has 21 heteroatoms. The van der Waals surface area contributed by atoms with Gasteiger partial charge in [-0.15, -0.1) is 5.69 Å². The van der Waals surface area contributed by atoms with E-state index in [9.17, 15) is 79.2 Å². The molecule has 10 N–H and O–H groups in total. The van der Waals surface area contributed by atoms with Crippen LogP contribution in [0.2, 0.25) is 0 Å². The summed E-state index contributed by atoms with van der Waals surface area (Å²) in [6.07, 6.45) is -0.115. The maximum atomic E-state index is 12.6. The number of rotatable bonds is 20. The number of nitrogens with zero attached hydrogens (tertiary/aromatic N) is 2. The Kier molecular flexibility index (Phi) is 15.8. The van der Waals surface area contributed by atoms with Crippen LogP contribution >= 0.6 is 0 Å². The molecule has 0 aliphatic carbocycles. The van der Waals surface area contributed by atoms with Gasteiger partial charge in [0.05, 0.1) is 25.7 Å². The summed E-state index contributed by atoms with van der Waals surface area (Å²) in [5, 5.41) is 91.4. The number of fused-ring (bicyclic) bond motifs is 8. The zero-order valence-electron chi connectivity index (χ0n) is 34.4. The molecule has 1 aromatic rings. The van der Waals surface area contributed by atoms with Crippen LogP contribution in [0.3, 0.4) is 0 Å². The van der Waals surface area contributed by atoms with Gasteiger partial charge in [-0.3, -0.25) is 38.4 Å². The van der Waals surface area contributed by atoms with Crippen LogP contribution in [-0.2, 0) is 74.7 Å². The first-order valence-electron chi connectivity index (χ1n) is 20.1. The van der Waals surface area contributed by atoms with Crippen molar-refractivity contribution in [1.29, 1.82) is 0 Å². The monoisotopic (exact) mass is 922 g/mol. The van der Waals surface area contributed by atoms with E-state index in [4.69, 9.17) is 10.3 Å². The predicted octanol–water partition coefficient (Wildman–Crippen LogP) is 3.21. The minimum absolute atomic E-state index is 0. The Balaban J connectivity index is 0.00000871. The Morgan fingerprint density at radius 1 is 0.667 bits per heavy atom. The van der Waals surface area contributed by atoms with Crippen LogP contribution in [0.5, 0.6) is 0 Å². The van der Waals surface area contributed by atoms with Gasteiger partial charge in [-0.1, -0.05) is 43.2 Å². The third-order valence-corrected chi connectivity index (χ3v) is 12.6. The second kappa shape index (κ2) is 20.1. The van der Waals surface area contributed by atoms with Crippen molar-refractivity contribution in [2.45, 2.75) is 115 Å². The average molecular weight is 923 g/mol. The molecule has 340 valence electrons. The fourth-order valence-corrected chi connectivity index (χ4v) is 9.79. The first-order valence-corrected chi connectivity index (χ1v) is 20.1. The van der Waals surface area contributed by atoms with E-state index >= 15 is 0 Å². The number of carboxylic acids is 8. The van der Waals surface area contributed by atoms with Gasteiger partial charge in [-0.2, -0.15) is 17.1 Å². The number of allylic oxidation sites excluding steroid dienone is 3. The second-order valence-corrected chi connectivity index (χ2v) is 16.8. The van der Waals surface area contributed by atoms with Crippen molar-refractivity contribution in [1.82, 2.24) is 15.6 Å². The number of carboxylic acid groups (broad SMARTS) is 8. The first kappa shape index (κ1) is 49.7. The molecule has 2 saturated heterocycles. The summed E-state index contributed by atoms with van der Waals surface area (Å²) in [4.78, 5) is 103. The normalized spacial score (nSPS) is 26.0. The number of hydrogen-bond acceptors (Lipinski definition) is 10. The smallest absolute Gasteiger partial charge is 0.664 e. The van der Waals surface area contributed by atoms with Gasteiger partial charge in [0.15, 0.2) is 0 Å². The zero-order valence-corrected chi connectivity index (χ0v) is 35.5. The maximum Gasteiger partial charge on any atom is 4.00 e. The minimum atomic E-state index is -1.42. The molecule has 20 nitrogen and oxygen atoms in total. The van der Waals surface area contributed by atoms with E-state index in [-0.39, 0.29) is 94.4 Å².